The van der Waals surface area contributed by atoms with E-state index in [0.717, 1.165) is 4.71 Å². The van der Waals surface area contributed by atoms with Gasteiger partial charge >= 0.3 is 119 Å². The van der Waals surface area contributed by atoms with Crippen molar-refractivity contribution in [3.63, 3.8) is 0 Å². The number of piperazine rings is 1. The average Bonchev–Trinajstić information content (AvgIpc) is 2.39. The Balaban J connectivity index is 1.88. The van der Waals surface area contributed by atoms with Crippen molar-refractivity contribution >= 4 is 22.5 Å². The minimum absolute atomic E-state index is 0.790. The molecule has 0 unspecified atom stereocenters. The summed E-state index contributed by atoms with van der Waals surface area (Å²) in [6.07, 6.45) is 3.84. The van der Waals surface area contributed by atoms with Crippen LogP contribution in [0.2, 0.25) is 4.71 Å². The third kappa shape index (κ3) is 2.46. The van der Waals surface area contributed by atoms with E-state index in [0.29, 0.717) is 0 Å². The number of likely N-dealkylation sites (N-methyl/N-ethyl adjacent to an activating group) is 1. The zero-order valence-corrected chi connectivity index (χ0v) is 13.0. The van der Waals surface area contributed by atoms with Crippen molar-refractivity contribution < 1.29 is 0 Å². The normalized spacial score (nSPS) is 25.0. The molecule has 0 aromatic heterocycles. The van der Waals surface area contributed by atoms with Crippen LogP contribution in [0, 0.1) is 0 Å². The van der Waals surface area contributed by atoms with E-state index in [1.54, 1.807) is 11.1 Å². The average molecular weight is 304 g/mol. The molecule has 0 amide bonds. The van der Waals surface area contributed by atoms with E-state index in [-0.39, 0.29) is 0 Å². The fourth-order valence-corrected chi connectivity index (χ4v) is 3.75. The molecule has 1 heterocycles. The molecule has 96 valence electrons. The summed E-state index contributed by atoms with van der Waals surface area (Å²) in [6.45, 7) is 4.73. The van der Waals surface area contributed by atoms with Crippen LogP contribution in [-0.2, 0) is 12.8 Å². The number of aryl methyl sites for hydroxylation is 1. The maximum absolute atomic E-state index is 2.86. The van der Waals surface area contributed by atoms with Crippen molar-refractivity contribution in [1.82, 2.24) is 4.90 Å². The summed E-state index contributed by atoms with van der Waals surface area (Å²) >= 11 is 2.86. The number of fused-ring (bicyclic) bond motifs is 1. The second-order valence-corrected chi connectivity index (χ2v) is 7.13. The van der Waals surface area contributed by atoms with Gasteiger partial charge in [-0.05, 0) is 0 Å². The third-order valence-electron chi connectivity index (χ3n) is 4.28. The Labute approximate surface area is 119 Å². The first-order chi connectivity index (χ1) is 8.74. The number of nitrogens with zero attached hydrogens (tertiary/aromatic N) is 2. The van der Waals surface area contributed by atoms with Gasteiger partial charge in [0.25, 0.3) is 0 Å². The Hall–Kier alpha value is -0.462. The quantitative estimate of drug-likeness (QED) is 0.731. The van der Waals surface area contributed by atoms with E-state index in [1.165, 1.54) is 51.1 Å². The van der Waals surface area contributed by atoms with Crippen molar-refractivity contribution in [2.45, 2.75) is 24.0 Å². The second kappa shape index (κ2) is 5.27. The van der Waals surface area contributed by atoms with Crippen LogP contribution >= 0.6 is 0 Å². The first kappa shape index (κ1) is 12.6. The first-order valence-electron chi connectivity index (χ1n) is 6.96. The topological polar surface area (TPSA) is 6.48 Å². The zero-order valence-electron chi connectivity index (χ0n) is 11.1. The van der Waals surface area contributed by atoms with Gasteiger partial charge in [-0.1, -0.05) is 0 Å². The van der Waals surface area contributed by atoms with Crippen LogP contribution in [0.15, 0.2) is 18.2 Å². The van der Waals surface area contributed by atoms with Crippen LogP contribution in [0.1, 0.15) is 17.5 Å². The Morgan fingerprint density at radius 3 is 2.72 bits per heavy atom. The van der Waals surface area contributed by atoms with Gasteiger partial charge < -0.3 is 0 Å². The molecule has 2 aliphatic rings. The predicted octanol–water partition coefficient (Wildman–Crippen LogP) is 1.88. The summed E-state index contributed by atoms with van der Waals surface area (Å²) in [5.74, 6) is 0. The maximum atomic E-state index is 2.86. The van der Waals surface area contributed by atoms with Crippen LogP contribution in [0.25, 0.3) is 0 Å². The number of hydrogen-bond donors (Lipinski definition) is 0. The van der Waals surface area contributed by atoms with Crippen LogP contribution < -0.4 is 4.90 Å². The van der Waals surface area contributed by atoms with Crippen molar-refractivity contribution in [2.24, 2.45) is 0 Å². The second-order valence-electron chi connectivity index (χ2n) is 5.60. The molecule has 1 aromatic carbocycles. The van der Waals surface area contributed by atoms with Crippen molar-refractivity contribution in [2.75, 3.05) is 38.1 Å². The standard InChI is InChI=1S/C15H21AsN2/c1-17-7-9-18(10-8-17)15-4-2-3-12-5-6-13(16)11-14(12)15/h2-4,13H,5-11H2,1H3/t13-/m1/s1. The molecule has 2 radical (unpaired) electrons. The number of rotatable bonds is 1. The molecule has 18 heavy (non-hydrogen) atoms. The monoisotopic (exact) mass is 304 g/mol. The molecular weight excluding hydrogens is 283 g/mol. The van der Waals surface area contributed by atoms with Gasteiger partial charge in [0.05, 0.1) is 0 Å². The van der Waals surface area contributed by atoms with Crippen LogP contribution in [-0.4, -0.2) is 55.0 Å². The molecule has 3 heteroatoms. The summed E-state index contributed by atoms with van der Waals surface area (Å²) in [5, 5.41) is 0. The molecule has 1 atom stereocenters. The molecule has 0 saturated carbocycles. The SMILES string of the molecule is CN1CCN(c2cccc3c2C[C@H]([As])CC3)CC1. The molecular formula is C15H21AsN2. The zero-order chi connectivity index (χ0) is 12.5. The summed E-state index contributed by atoms with van der Waals surface area (Å²) < 4.78 is 0.790. The van der Waals surface area contributed by atoms with Crippen molar-refractivity contribution in [3.8, 4) is 0 Å². The van der Waals surface area contributed by atoms with Crippen molar-refractivity contribution in [1.29, 1.82) is 0 Å². The third-order valence-corrected chi connectivity index (χ3v) is 5.20. The molecule has 0 spiro atoms. The van der Waals surface area contributed by atoms with Gasteiger partial charge in [0.1, 0.15) is 0 Å². The van der Waals surface area contributed by atoms with E-state index in [4.69, 9.17) is 0 Å². The summed E-state index contributed by atoms with van der Waals surface area (Å²) in [4.78, 5) is 5.01. The van der Waals surface area contributed by atoms with Crippen molar-refractivity contribution in [3.05, 3.63) is 29.3 Å². The number of benzene rings is 1. The molecule has 1 aliphatic carbocycles. The summed E-state index contributed by atoms with van der Waals surface area (Å²) in [7, 11) is 2.22. The molecule has 0 bridgehead atoms. The Kier molecular flexibility index (Phi) is 3.68. The van der Waals surface area contributed by atoms with Crippen LogP contribution in [0.5, 0.6) is 0 Å². The summed E-state index contributed by atoms with van der Waals surface area (Å²) in [6, 6.07) is 6.90. The minimum atomic E-state index is 0.790. The fraction of sp³-hybridized carbons (Fsp3) is 0.600. The Morgan fingerprint density at radius 1 is 1.17 bits per heavy atom. The Bertz CT molecular complexity index is 425. The fourth-order valence-electron chi connectivity index (χ4n) is 3.09. The van der Waals surface area contributed by atoms with E-state index >= 15 is 0 Å². The molecule has 2 nitrogen and oxygen atoms in total. The molecule has 3 rings (SSSR count). The van der Waals surface area contributed by atoms with E-state index < -0.39 is 0 Å². The van der Waals surface area contributed by atoms with Gasteiger partial charge in [0.2, 0.25) is 0 Å². The van der Waals surface area contributed by atoms with Gasteiger partial charge in [-0.15, -0.1) is 0 Å². The van der Waals surface area contributed by atoms with E-state index in [9.17, 15) is 0 Å². The first-order valence-corrected chi connectivity index (χ1v) is 8.04. The molecule has 0 N–H and O–H groups in total. The van der Waals surface area contributed by atoms with Gasteiger partial charge in [0, 0.05) is 0 Å². The molecule has 1 fully saturated rings. The molecule has 1 aromatic rings. The molecule has 1 aliphatic heterocycles. The van der Waals surface area contributed by atoms with Crippen LogP contribution in [0.4, 0.5) is 5.69 Å². The Morgan fingerprint density at radius 2 is 1.94 bits per heavy atom. The predicted molar refractivity (Wildman–Crippen MR) is 77.7 cm³/mol. The van der Waals surface area contributed by atoms with Crippen LogP contribution in [0.3, 0.4) is 0 Å². The van der Waals surface area contributed by atoms with Gasteiger partial charge in [-0.3, -0.25) is 0 Å². The summed E-state index contributed by atoms with van der Waals surface area (Å²) in [5.41, 5.74) is 4.73. The van der Waals surface area contributed by atoms with Gasteiger partial charge in [0.15, 0.2) is 0 Å². The number of hydrogen-bond acceptors (Lipinski definition) is 2. The van der Waals surface area contributed by atoms with Gasteiger partial charge in [-0.25, -0.2) is 0 Å². The molecule has 1 saturated heterocycles. The number of anilines is 1. The van der Waals surface area contributed by atoms with Gasteiger partial charge in [-0.2, -0.15) is 0 Å². The van der Waals surface area contributed by atoms with E-state index in [2.05, 4.69) is 51.9 Å². The van der Waals surface area contributed by atoms with E-state index in [1.807, 2.05) is 0 Å².